The Hall–Kier alpha value is -4.50. The molecule has 0 aliphatic rings. The smallest absolute Gasteiger partial charge is 0.269 e. The normalized spacial score (nSPS) is 12.3. The summed E-state index contributed by atoms with van der Waals surface area (Å²) >= 11 is 0. The number of methoxy groups -OCH3 is 1. The summed E-state index contributed by atoms with van der Waals surface area (Å²) in [5.41, 5.74) is 3.99. The van der Waals surface area contributed by atoms with Crippen LogP contribution >= 0.6 is 0 Å². The number of aryl methyl sites for hydroxylation is 1. The number of pyridine rings is 1. The number of amides is 1. The summed E-state index contributed by atoms with van der Waals surface area (Å²) in [7, 11) is 0.584. The maximum Gasteiger partial charge on any atom is 0.269 e. The van der Waals surface area contributed by atoms with Gasteiger partial charge in [-0.1, -0.05) is 54.1 Å². The van der Waals surface area contributed by atoms with E-state index in [2.05, 4.69) is 4.98 Å². The van der Waals surface area contributed by atoms with E-state index in [1.165, 1.54) is 23.0 Å². The SMILES string of the molecule is COc1ccccc1-c1cn(S(=O)(=O)c2ccc(C)cc2)c2ncc(-c3cccc(C(F)C(=O)N(C)C)c3)cc12. The summed E-state index contributed by atoms with van der Waals surface area (Å²) in [6.07, 6.45) is 1.30. The van der Waals surface area contributed by atoms with Gasteiger partial charge in [0.15, 0.2) is 5.65 Å². The summed E-state index contributed by atoms with van der Waals surface area (Å²) in [5, 5.41) is 0.573. The van der Waals surface area contributed by atoms with Gasteiger partial charge in [-0.2, -0.15) is 0 Å². The van der Waals surface area contributed by atoms with Gasteiger partial charge < -0.3 is 9.64 Å². The van der Waals surface area contributed by atoms with Gasteiger partial charge in [0, 0.05) is 48.6 Å². The number of aromatic nitrogens is 2. The van der Waals surface area contributed by atoms with Gasteiger partial charge >= 0.3 is 0 Å². The first kappa shape index (κ1) is 27.1. The highest BCUT2D eigenvalue weighted by atomic mass is 32.2. The van der Waals surface area contributed by atoms with E-state index >= 15 is 0 Å². The monoisotopic (exact) mass is 557 g/mol. The standard InChI is InChI=1S/C31H28FN3O4S/c1-20-12-14-24(15-13-20)40(37,38)35-19-27(25-10-5-6-11-28(25)39-4)26-17-23(18-33-30(26)35)21-8-7-9-22(16-21)29(32)31(36)34(2)3/h5-19,29H,1-4H3. The highest BCUT2D eigenvalue weighted by molar-refractivity contribution is 7.90. The molecule has 0 fully saturated rings. The molecule has 0 saturated carbocycles. The van der Waals surface area contributed by atoms with Crippen molar-refractivity contribution in [3.8, 4) is 28.0 Å². The van der Waals surface area contributed by atoms with Crippen LogP contribution < -0.4 is 4.74 Å². The molecule has 5 rings (SSSR count). The number of alkyl halides is 1. The van der Waals surface area contributed by atoms with Gasteiger partial charge in [-0.25, -0.2) is 21.8 Å². The molecular weight excluding hydrogens is 529 g/mol. The number of benzene rings is 3. The number of hydrogen-bond acceptors (Lipinski definition) is 5. The van der Waals surface area contributed by atoms with Gasteiger partial charge in [0.05, 0.1) is 12.0 Å². The Morgan fingerprint density at radius 3 is 2.38 bits per heavy atom. The van der Waals surface area contributed by atoms with Gasteiger partial charge in [-0.3, -0.25) is 4.79 Å². The molecule has 2 aromatic heterocycles. The third-order valence-corrected chi connectivity index (χ3v) is 8.42. The molecule has 3 aromatic carbocycles. The quantitative estimate of drug-likeness (QED) is 0.244. The zero-order valence-electron chi connectivity index (χ0n) is 22.5. The summed E-state index contributed by atoms with van der Waals surface area (Å²) in [6.45, 7) is 1.89. The van der Waals surface area contributed by atoms with E-state index in [0.29, 0.717) is 33.4 Å². The zero-order chi connectivity index (χ0) is 28.6. The molecule has 5 aromatic rings. The van der Waals surface area contributed by atoms with Crippen LogP contribution in [0.4, 0.5) is 4.39 Å². The molecule has 0 aliphatic carbocycles. The summed E-state index contributed by atoms with van der Waals surface area (Å²) in [5.74, 6) is -0.0771. The predicted molar refractivity (Wildman–Crippen MR) is 153 cm³/mol. The molecule has 204 valence electrons. The van der Waals surface area contributed by atoms with Crippen molar-refractivity contribution in [3.05, 3.63) is 102 Å². The van der Waals surface area contributed by atoms with E-state index in [1.807, 2.05) is 31.2 Å². The molecule has 0 bridgehead atoms. The van der Waals surface area contributed by atoms with Crippen molar-refractivity contribution < 1.29 is 22.3 Å². The van der Waals surface area contributed by atoms with Crippen LogP contribution in [0.2, 0.25) is 0 Å². The van der Waals surface area contributed by atoms with E-state index in [0.717, 1.165) is 5.56 Å². The van der Waals surface area contributed by atoms with Crippen LogP contribution in [0.15, 0.2) is 96.2 Å². The molecule has 40 heavy (non-hydrogen) atoms. The molecule has 0 saturated heterocycles. The van der Waals surface area contributed by atoms with Crippen molar-refractivity contribution in [1.29, 1.82) is 0 Å². The Kier molecular flexibility index (Phi) is 7.16. The van der Waals surface area contributed by atoms with Crippen LogP contribution in [0, 0.1) is 6.92 Å². The first-order chi connectivity index (χ1) is 19.1. The maximum atomic E-state index is 14.9. The maximum absolute atomic E-state index is 14.9. The average molecular weight is 558 g/mol. The minimum atomic E-state index is -3.98. The van der Waals surface area contributed by atoms with Crippen LogP contribution in [0.1, 0.15) is 17.3 Å². The number of likely N-dealkylation sites (N-methyl/N-ethyl adjacent to an activating group) is 1. The number of carbonyl (C=O) groups is 1. The fourth-order valence-electron chi connectivity index (χ4n) is 4.57. The van der Waals surface area contributed by atoms with Gasteiger partial charge in [-0.05, 0) is 48.4 Å². The Morgan fingerprint density at radius 2 is 1.68 bits per heavy atom. The predicted octanol–water partition coefficient (Wildman–Crippen LogP) is 6.02. The largest absolute Gasteiger partial charge is 0.496 e. The highest BCUT2D eigenvalue weighted by Gasteiger charge is 2.25. The minimum Gasteiger partial charge on any atom is -0.496 e. The van der Waals surface area contributed by atoms with E-state index in [1.54, 1.807) is 74.1 Å². The molecule has 0 radical (unpaired) electrons. The third kappa shape index (κ3) is 4.84. The van der Waals surface area contributed by atoms with Gasteiger partial charge in [0.25, 0.3) is 15.9 Å². The van der Waals surface area contributed by atoms with Crippen LogP contribution in [0.5, 0.6) is 5.75 Å². The molecule has 2 heterocycles. The molecule has 0 aliphatic heterocycles. The lowest BCUT2D eigenvalue weighted by molar-refractivity contribution is -0.134. The molecule has 1 atom stereocenters. The Morgan fingerprint density at radius 1 is 0.950 bits per heavy atom. The number of fused-ring (bicyclic) bond motifs is 1. The fourth-order valence-corrected chi connectivity index (χ4v) is 5.90. The van der Waals surface area contributed by atoms with Crippen molar-refractivity contribution in [2.45, 2.75) is 18.0 Å². The molecule has 7 nitrogen and oxygen atoms in total. The van der Waals surface area contributed by atoms with Crippen molar-refractivity contribution >= 4 is 27.0 Å². The number of para-hydroxylation sites is 1. The first-order valence-corrected chi connectivity index (χ1v) is 14.0. The molecular formula is C31H28FN3O4S. The molecule has 0 spiro atoms. The Bertz CT molecular complexity index is 1830. The molecule has 9 heteroatoms. The van der Waals surface area contributed by atoms with Gasteiger partial charge in [0.2, 0.25) is 6.17 Å². The number of hydrogen-bond donors (Lipinski definition) is 0. The van der Waals surface area contributed by atoms with Crippen LogP contribution in [-0.4, -0.2) is 49.4 Å². The third-order valence-electron chi connectivity index (χ3n) is 6.76. The average Bonchev–Trinajstić information content (AvgIpc) is 3.36. The molecule has 1 amide bonds. The van der Waals surface area contributed by atoms with Gasteiger partial charge in [0.1, 0.15) is 5.75 Å². The van der Waals surface area contributed by atoms with E-state index in [9.17, 15) is 17.6 Å². The summed E-state index contributed by atoms with van der Waals surface area (Å²) < 4.78 is 49.2. The van der Waals surface area contributed by atoms with Crippen molar-refractivity contribution in [3.63, 3.8) is 0 Å². The number of nitrogens with zero attached hydrogens (tertiary/aromatic N) is 3. The minimum absolute atomic E-state index is 0.139. The number of halogens is 1. The van der Waals surface area contributed by atoms with Crippen LogP contribution in [-0.2, 0) is 14.8 Å². The van der Waals surface area contributed by atoms with Crippen LogP contribution in [0.3, 0.4) is 0 Å². The second-order valence-electron chi connectivity index (χ2n) is 9.67. The van der Waals surface area contributed by atoms with Crippen LogP contribution in [0.25, 0.3) is 33.3 Å². The zero-order valence-corrected chi connectivity index (χ0v) is 23.3. The second kappa shape index (κ2) is 10.6. The number of rotatable bonds is 7. The Balaban J connectivity index is 1.72. The van der Waals surface area contributed by atoms with Crippen molar-refractivity contribution in [1.82, 2.24) is 13.9 Å². The topological polar surface area (TPSA) is 81.5 Å². The van der Waals surface area contributed by atoms with Gasteiger partial charge in [-0.15, -0.1) is 0 Å². The molecule has 1 unspecified atom stereocenters. The fraction of sp³-hybridized carbons (Fsp3) is 0.161. The lowest BCUT2D eigenvalue weighted by Gasteiger charge is -2.15. The van der Waals surface area contributed by atoms with E-state index in [-0.39, 0.29) is 16.1 Å². The summed E-state index contributed by atoms with van der Waals surface area (Å²) in [6, 6.07) is 22.4. The molecule has 0 N–H and O–H groups in total. The lowest BCUT2D eigenvalue weighted by atomic mass is 9.99. The Labute approximate surface area is 232 Å². The number of ether oxygens (including phenoxy) is 1. The highest BCUT2D eigenvalue weighted by Crippen LogP contribution is 2.39. The summed E-state index contributed by atoms with van der Waals surface area (Å²) in [4.78, 5) is 18.2. The van der Waals surface area contributed by atoms with E-state index < -0.39 is 22.1 Å². The van der Waals surface area contributed by atoms with Crippen molar-refractivity contribution in [2.75, 3.05) is 21.2 Å². The second-order valence-corrected chi connectivity index (χ2v) is 11.5. The lowest BCUT2D eigenvalue weighted by Crippen LogP contribution is -2.26. The van der Waals surface area contributed by atoms with Crippen molar-refractivity contribution in [2.24, 2.45) is 0 Å². The number of carbonyl (C=O) groups excluding carboxylic acids is 1. The van der Waals surface area contributed by atoms with E-state index in [4.69, 9.17) is 4.74 Å². The first-order valence-electron chi connectivity index (χ1n) is 12.5.